The SMILES string of the molecule is CCOC(=O)CSc1ncnc2scc(-c3ccc(C)cc3)c12. The van der Waals surface area contributed by atoms with Crippen LogP contribution in [0.5, 0.6) is 0 Å². The number of fused-ring (bicyclic) bond motifs is 1. The predicted molar refractivity (Wildman–Crippen MR) is 94.9 cm³/mol. The van der Waals surface area contributed by atoms with Crippen LogP contribution < -0.4 is 0 Å². The molecule has 4 nitrogen and oxygen atoms in total. The van der Waals surface area contributed by atoms with E-state index in [9.17, 15) is 4.79 Å². The maximum Gasteiger partial charge on any atom is 0.316 e. The highest BCUT2D eigenvalue weighted by atomic mass is 32.2. The number of hydrogen-bond acceptors (Lipinski definition) is 6. The average Bonchev–Trinajstić information content (AvgIpc) is 2.98. The van der Waals surface area contributed by atoms with Crippen molar-refractivity contribution in [2.24, 2.45) is 0 Å². The molecule has 2 aromatic heterocycles. The lowest BCUT2D eigenvalue weighted by Crippen LogP contribution is -2.06. The van der Waals surface area contributed by atoms with Crippen molar-refractivity contribution < 1.29 is 9.53 Å². The van der Waals surface area contributed by atoms with Crippen LogP contribution in [0.2, 0.25) is 0 Å². The maximum absolute atomic E-state index is 11.6. The second-order valence-electron chi connectivity index (χ2n) is 4.97. The maximum atomic E-state index is 11.6. The predicted octanol–water partition coefficient (Wildman–Crippen LogP) is 4.32. The highest BCUT2D eigenvalue weighted by molar-refractivity contribution is 8.00. The first-order chi connectivity index (χ1) is 11.2. The van der Waals surface area contributed by atoms with Crippen LogP contribution >= 0.6 is 23.1 Å². The van der Waals surface area contributed by atoms with E-state index in [4.69, 9.17) is 4.74 Å². The van der Waals surface area contributed by atoms with Gasteiger partial charge in [-0.25, -0.2) is 9.97 Å². The van der Waals surface area contributed by atoms with Crippen LogP contribution in [0.15, 0.2) is 41.0 Å². The number of esters is 1. The Kier molecular flexibility index (Phi) is 4.93. The van der Waals surface area contributed by atoms with Gasteiger partial charge in [-0.15, -0.1) is 11.3 Å². The standard InChI is InChI=1S/C17H16N2O2S2/c1-3-21-14(20)9-23-17-15-13(8-22-16(15)18-10-19-17)12-6-4-11(2)5-7-12/h4-8,10H,3,9H2,1-2H3. The summed E-state index contributed by atoms with van der Waals surface area (Å²) in [4.78, 5) is 21.2. The first-order valence-electron chi connectivity index (χ1n) is 7.26. The van der Waals surface area contributed by atoms with Gasteiger partial charge in [-0.05, 0) is 19.4 Å². The van der Waals surface area contributed by atoms with Gasteiger partial charge >= 0.3 is 5.97 Å². The van der Waals surface area contributed by atoms with Crippen molar-refractivity contribution in [2.75, 3.05) is 12.4 Å². The molecular weight excluding hydrogens is 328 g/mol. The van der Waals surface area contributed by atoms with Crippen LogP contribution in [0.1, 0.15) is 12.5 Å². The number of nitrogens with zero attached hydrogens (tertiary/aromatic N) is 2. The lowest BCUT2D eigenvalue weighted by Gasteiger charge is -2.05. The number of aryl methyl sites for hydroxylation is 1. The second-order valence-corrected chi connectivity index (χ2v) is 6.79. The molecule has 0 radical (unpaired) electrons. The molecule has 0 N–H and O–H groups in total. The molecule has 23 heavy (non-hydrogen) atoms. The molecule has 0 amide bonds. The van der Waals surface area contributed by atoms with E-state index in [1.165, 1.54) is 17.3 Å². The van der Waals surface area contributed by atoms with Crippen molar-refractivity contribution in [1.29, 1.82) is 0 Å². The molecule has 0 aliphatic heterocycles. The van der Waals surface area contributed by atoms with Crippen LogP contribution in [0.25, 0.3) is 21.3 Å². The van der Waals surface area contributed by atoms with E-state index in [2.05, 4.69) is 46.5 Å². The van der Waals surface area contributed by atoms with E-state index in [0.29, 0.717) is 6.61 Å². The van der Waals surface area contributed by atoms with Gasteiger partial charge in [0.1, 0.15) is 16.2 Å². The summed E-state index contributed by atoms with van der Waals surface area (Å²) >= 11 is 2.99. The summed E-state index contributed by atoms with van der Waals surface area (Å²) in [5.41, 5.74) is 3.47. The van der Waals surface area contributed by atoms with Crippen molar-refractivity contribution in [3.63, 3.8) is 0 Å². The van der Waals surface area contributed by atoms with Crippen LogP contribution in [0.3, 0.4) is 0 Å². The summed E-state index contributed by atoms with van der Waals surface area (Å²) in [5.74, 6) is 0.0275. The van der Waals surface area contributed by atoms with E-state index in [-0.39, 0.29) is 11.7 Å². The lowest BCUT2D eigenvalue weighted by atomic mass is 10.1. The fraction of sp³-hybridized carbons (Fsp3) is 0.235. The zero-order valence-electron chi connectivity index (χ0n) is 12.9. The van der Waals surface area contributed by atoms with Gasteiger partial charge in [-0.2, -0.15) is 0 Å². The first-order valence-corrected chi connectivity index (χ1v) is 9.13. The molecule has 0 saturated heterocycles. The molecule has 3 rings (SSSR count). The van der Waals surface area contributed by atoms with E-state index in [0.717, 1.165) is 26.4 Å². The Morgan fingerprint density at radius 2 is 2.04 bits per heavy atom. The number of rotatable bonds is 5. The smallest absolute Gasteiger partial charge is 0.316 e. The monoisotopic (exact) mass is 344 g/mol. The fourth-order valence-corrected chi connectivity index (χ4v) is 4.02. The normalized spacial score (nSPS) is 10.9. The Hall–Kier alpha value is -1.92. The minimum Gasteiger partial charge on any atom is -0.465 e. The Labute approximate surface area is 142 Å². The Balaban J connectivity index is 1.97. The van der Waals surface area contributed by atoms with E-state index in [1.807, 2.05) is 0 Å². The number of aromatic nitrogens is 2. The fourth-order valence-electron chi connectivity index (χ4n) is 2.23. The van der Waals surface area contributed by atoms with Gasteiger partial charge in [-0.3, -0.25) is 4.79 Å². The van der Waals surface area contributed by atoms with Gasteiger partial charge in [0, 0.05) is 10.9 Å². The average molecular weight is 344 g/mol. The molecule has 118 valence electrons. The Morgan fingerprint density at radius 3 is 2.78 bits per heavy atom. The van der Waals surface area contributed by atoms with Crippen molar-refractivity contribution in [1.82, 2.24) is 9.97 Å². The summed E-state index contributed by atoms with van der Waals surface area (Å²) < 4.78 is 4.98. The van der Waals surface area contributed by atoms with Gasteiger partial charge in [-0.1, -0.05) is 41.6 Å². The van der Waals surface area contributed by atoms with Gasteiger partial charge in [0.2, 0.25) is 0 Å². The number of hydrogen-bond donors (Lipinski definition) is 0. The Bertz CT molecular complexity index is 828. The van der Waals surface area contributed by atoms with Crippen LogP contribution in [0, 0.1) is 6.92 Å². The van der Waals surface area contributed by atoms with Gasteiger partial charge in [0.05, 0.1) is 17.7 Å². The molecule has 2 heterocycles. The van der Waals surface area contributed by atoms with Crippen LogP contribution in [-0.2, 0) is 9.53 Å². The minimum absolute atomic E-state index is 0.226. The highest BCUT2D eigenvalue weighted by Crippen LogP contribution is 2.37. The molecule has 3 aromatic rings. The highest BCUT2D eigenvalue weighted by Gasteiger charge is 2.14. The minimum atomic E-state index is -0.226. The first kappa shape index (κ1) is 16.0. The summed E-state index contributed by atoms with van der Waals surface area (Å²) in [6.45, 7) is 4.27. The molecule has 1 aromatic carbocycles. The molecule has 0 atom stereocenters. The van der Waals surface area contributed by atoms with Gasteiger partial charge < -0.3 is 4.74 Å². The summed E-state index contributed by atoms with van der Waals surface area (Å²) in [6, 6.07) is 8.38. The van der Waals surface area contributed by atoms with Crippen molar-refractivity contribution >= 4 is 39.3 Å². The van der Waals surface area contributed by atoms with Crippen molar-refractivity contribution in [3.8, 4) is 11.1 Å². The molecule has 0 unspecified atom stereocenters. The molecule has 6 heteroatoms. The summed E-state index contributed by atoms with van der Waals surface area (Å²) in [7, 11) is 0. The molecule has 0 fully saturated rings. The van der Waals surface area contributed by atoms with Crippen molar-refractivity contribution in [3.05, 3.63) is 41.5 Å². The molecule has 0 aliphatic rings. The third kappa shape index (κ3) is 3.54. The zero-order valence-corrected chi connectivity index (χ0v) is 14.5. The van der Waals surface area contributed by atoms with E-state index in [1.54, 1.807) is 24.6 Å². The molecule has 0 aliphatic carbocycles. The number of thioether (sulfide) groups is 1. The molecule has 0 saturated carbocycles. The largest absolute Gasteiger partial charge is 0.465 e. The molecule has 0 spiro atoms. The summed E-state index contributed by atoms with van der Waals surface area (Å²) in [6.07, 6.45) is 1.55. The van der Waals surface area contributed by atoms with Crippen LogP contribution in [0.4, 0.5) is 0 Å². The number of benzene rings is 1. The van der Waals surface area contributed by atoms with E-state index >= 15 is 0 Å². The summed E-state index contributed by atoms with van der Waals surface area (Å²) in [5, 5.41) is 3.92. The number of carbonyl (C=O) groups is 1. The zero-order chi connectivity index (χ0) is 16.2. The topological polar surface area (TPSA) is 52.1 Å². The van der Waals surface area contributed by atoms with Gasteiger partial charge in [0.25, 0.3) is 0 Å². The second kappa shape index (κ2) is 7.10. The number of carbonyl (C=O) groups excluding carboxylic acids is 1. The lowest BCUT2D eigenvalue weighted by molar-refractivity contribution is -0.139. The van der Waals surface area contributed by atoms with E-state index < -0.39 is 0 Å². The third-order valence-electron chi connectivity index (χ3n) is 3.33. The Morgan fingerprint density at radius 1 is 1.26 bits per heavy atom. The van der Waals surface area contributed by atoms with Crippen molar-refractivity contribution in [2.45, 2.75) is 18.9 Å². The van der Waals surface area contributed by atoms with Crippen LogP contribution in [-0.4, -0.2) is 28.3 Å². The molecular formula is C17H16N2O2S2. The third-order valence-corrected chi connectivity index (χ3v) is 5.18. The molecule has 0 bridgehead atoms. The quantitative estimate of drug-likeness (QED) is 0.392. The number of thiophene rings is 1. The number of ether oxygens (including phenoxy) is 1. The van der Waals surface area contributed by atoms with Gasteiger partial charge in [0.15, 0.2) is 0 Å².